The number of aromatic nitrogens is 1. The standard InChI is InChI=1S/C12H15BrN4O2/c13-7-3-10(11(16-14)15-4-7)12(18)17-5-8-1-2-9(6-17)19-8/h3-4,8-9H,1-2,5-6,14H2,(H,15,16). The number of carbonyl (C=O) groups is 1. The van der Waals surface area contributed by atoms with E-state index < -0.39 is 0 Å². The number of nitrogen functional groups attached to an aromatic ring is 1. The zero-order valence-electron chi connectivity index (χ0n) is 10.3. The van der Waals surface area contributed by atoms with Crippen LogP contribution in [0.25, 0.3) is 0 Å². The van der Waals surface area contributed by atoms with E-state index in [0.717, 1.165) is 17.3 Å². The first-order valence-corrected chi connectivity index (χ1v) is 7.03. The number of halogens is 1. The fourth-order valence-electron chi connectivity index (χ4n) is 2.67. The van der Waals surface area contributed by atoms with E-state index in [2.05, 4.69) is 26.3 Å². The third kappa shape index (κ3) is 2.45. The number of morpholine rings is 1. The summed E-state index contributed by atoms with van der Waals surface area (Å²) >= 11 is 3.33. The highest BCUT2D eigenvalue weighted by Gasteiger charge is 2.36. The van der Waals surface area contributed by atoms with Crippen molar-refractivity contribution in [1.29, 1.82) is 0 Å². The van der Waals surface area contributed by atoms with Crippen molar-refractivity contribution in [3.63, 3.8) is 0 Å². The molecule has 7 heteroatoms. The van der Waals surface area contributed by atoms with Gasteiger partial charge in [0, 0.05) is 23.8 Å². The molecule has 1 aromatic heterocycles. The summed E-state index contributed by atoms with van der Waals surface area (Å²) in [4.78, 5) is 18.5. The first-order chi connectivity index (χ1) is 9.17. The summed E-state index contributed by atoms with van der Waals surface area (Å²) in [5.74, 6) is 5.75. The fourth-order valence-corrected chi connectivity index (χ4v) is 3.00. The van der Waals surface area contributed by atoms with Gasteiger partial charge in [0.05, 0.1) is 17.8 Å². The van der Waals surface area contributed by atoms with Crippen molar-refractivity contribution in [2.75, 3.05) is 18.5 Å². The molecule has 0 aromatic carbocycles. The number of likely N-dealkylation sites (tertiary alicyclic amines) is 1. The van der Waals surface area contributed by atoms with Crippen LogP contribution in [0.15, 0.2) is 16.7 Å². The molecule has 2 atom stereocenters. The lowest BCUT2D eigenvalue weighted by Crippen LogP contribution is -2.46. The number of ether oxygens (including phenoxy) is 1. The molecule has 0 radical (unpaired) electrons. The van der Waals surface area contributed by atoms with Crippen LogP contribution in [0, 0.1) is 0 Å². The third-order valence-corrected chi connectivity index (χ3v) is 3.99. The number of fused-ring (bicyclic) bond motifs is 2. The Labute approximate surface area is 119 Å². The Morgan fingerprint density at radius 2 is 2.16 bits per heavy atom. The third-order valence-electron chi connectivity index (χ3n) is 3.55. The molecule has 2 fully saturated rings. The molecule has 1 aromatic rings. The van der Waals surface area contributed by atoms with Crippen molar-refractivity contribution < 1.29 is 9.53 Å². The molecule has 0 saturated carbocycles. The number of nitrogens with two attached hydrogens (primary N) is 1. The number of carbonyl (C=O) groups excluding carboxylic acids is 1. The van der Waals surface area contributed by atoms with Crippen LogP contribution < -0.4 is 11.3 Å². The first kappa shape index (κ1) is 12.8. The van der Waals surface area contributed by atoms with E-state index in [4.69, 9.17) is 10.6 Å². The van der Waals surface area contributed by atoms with E-state index in [0.29, 0.717) is 24.5 Å². The average molecular weight is 327 g/mol. The van der Waals surface area contributed by atoms with Crippen molar-refractivity contribution in [3.05, 3.63) is 22.3 Å². The minimum absolute atomic E-state index is 0.0537. The number of hydrogen-bond donors (Lipinski definition) is 2. The molecule has 3 heterocycles. The van der Waals surface area contributed by atoms with E-state index in [9.17, 15) is 4.79 Å². The minimum Gasteiger partial charge on any atom is -0.371 e. The predicted molar refractivity (Wildman–Crippen MR) is 73.5 cm³/mol. The molecular formula is C12H15BrN4O2. The van der Waals surface area contributed by atoms with Crippen molar-refractivity contribution in [1.82, 2.24) is 9.88 Å². The highest BCUT2D eigenvalue weighted by Crippen LogP contribution is 2.28. The minimum atomic E-state index is -0.0537. The van der Waals surface area contributed by atoms with Gasteiger partial charge in [-0.25, -0.2) is 10.8 Å². The summed E-state index contributed by atoms with van der Waals surface area (Å²) in [5.41, 5.74) is 2.95. The Morgan fingerprint density at radius 3 is 2.79 bits per heavy atom. The highest BCUT2D eigenvalue weighted by molar-refractivity contribution is 9.10. The summed E-state index contributed by atoms with van der Waals surface area (Å²) in [7, 11) is 0. The van der Waals surface area contributed by atoms with Crippen LogP contribution in [0.1, 0.15) is 23.2 Å². The normalized spacial score (nSPS) is 25.5. The van der Waals surface area contributed by atoms with Gasteiger partial charge in [0.1, 0.15) is 0 Å². The number of nitrogens with one attached hydrogen (secondary N) is 1. The fraction of sp³-hybridized carbons (Fsp3) is 0.500. The molecule has 3 rings (SSSR count). The lowest BCUT2D eigenvalue weighted by atomic mass is 10.2. The van der Waals surface area contributed by atoms with Crippen molar-refractivity contribution in [2.24, 2.45) is 5.84 Å². The number of nitrogens with zero attached hydrogens (tertiary/aromatic N) is 2. The lowest BCUT2D eigenvalue weighted by molar-refractivity contribution is -0.0303. The van der Waals surface area contributed by atoms with Gasteiger partial charge in [-0.1, -0.05) is 0 Å². The molecule has 2 aliphatic heterocycles. The highest BCUT2D eigenvalue weighted by atomic mass is 79.9. The van der Waals surface area contributed by atoms with Gasteiger partial charge in [-0.3, -0.25) is 4.79 Å². The maximum atomic E-state index is 12.6. The van der Waals surface area contributed by atoms with E-state index in [1.807, 2.05) is 4.90 Å². The molecule has 2 bridgehead atoms. The monoisotopic (exact) mass is 326 g/mol. The second kappa shape index (κ2) is 5.07. The summed E-state index contributed by atoms with van der Waals surface area (Å²) < 4.78 is 6.49. The van der Waals surface area contributed by atoms with Gasteiger partial charge in [0.2, 0.25) is 0 Å². The Hall–Kier alpha value is -1.18. The van der Waals surface area contributed by atoms with Gasteiger partial charge in [-0.2, -0.15) is 0 Å². The zero-order chi connectivity index (χ0) is 13.4. The van der Waals surface area contributed by atoms with E-state index in [1.165, 1.54) is 0 Å². The SMILES string of the molecule is NNc1ncc(Br)cc1C(=O)N1CC2CCC(C1)O2. The van der Waals surface area contributed by atoms with Crippen LogP contribution in [0.2, 0.25) is 0 Å². The van der Waals surface area contributed by atoms with Crippen LogP contribution in [0.5, 0.6) is 0 Å². The Bertz CT molecular complexity index is 499. The molecule has 2 unspecified atom stereocenters. The van der Waals surface area contributed by atoms with Crippen molar-refractivity contribution >= 4 is 27.7 Å². The lowest BCUT2D eigenvalue weighted by Gasteiger charge is -2.32. The van der Waals surface area contributed by atoms with Gasteiger partial charge in [-0.05, 0) is 34.8 Å². The molecule has 19 heavy (non-hydrogen) atoms. The maximum Gasteiger partial charge on any atom is 0.257 e. The summed E-state index contributed by atoms with van der Waals surface area (Å²) in [5, 5.41) is 0. The number of hydrogen-bond acceptors (Lipinski definition) is 5. The molecule has 2 aliphatic rings. The van der Waals surface area contributed by atoms with Crippen molar-refractivity contribution in [2.45, 2.75) is 25.0 Å². The molecule has 3 N–H and O–H groups in total. The topological polar surface area (TPSA) is 80.5 Å². The smallest absolute Gasteiger partial charge is 0.257 e. The van der Waals surface area contributed by atoms with Crippen LogP contribution in [0.3, 0.4) is 0 Å². The summed E-state index contributed by atoms with van der Waals surface area (Å²) in [6.45, 7) is 1.29. The second-order valence-corrected chi connectivity index (χ2v) is 5.78. The summed E-state index contributed by atoms with van der Waals surface area (Å²) in [6.07, 6.45) is 4.03. The maximum absolute atomic E-state index is 12.6. The summed E-state index contributed by atoms with van der Waals surface area (Å²) in [6, 6.07) is 1.74. The van der Waals surface area contributed by atoms with Crippen molar-refractivity contribution in [3.8, 4) is 0 Å². The Morgan fingerprint density at radius 1 is 1.47 bits per heavy atom. The molecule has 0 spiro atoms. The van der Waals surface area contributed by atoms with Gasteiger partial charge in [0.15, 0.2) is 5.82 Å². The van der Waals surface area contributed by atoms with Crippen LogP contribution in [0.4, 0.5) is 5.82 Å². The molecule has 102 valence electrons. The Balaban J connectivity index is 1.85. The van der Waals surface area contributed by atoms with Gasteiger partial charge < -0.3 is 15.1 Å². The molecule has 6 nitrogen and oxygen atoms in total. The van der Waals surface area contributed by atoms with Crippen LogP contribution in [-0.4, -0.2) is 41.1 Å². The van der Waals surface area contributed by atoms with E-state index in [-0.39, 0.29) is 18.1 Å². The van der Waals surface area contributed by atoms with E-state index in [1.54, 1.807) is 12.3 Å². The van der Waals surface area contributed by atoms with Gasteiger partial charge in [-0.15, -0.1) is 0 Å². The van der Waals surface area contributed by atoms with Crippen LogP contribution >= 0.6 is 15.9 Å². The number of rotatable bonds is 2. The number of amides is 1. The van der Waals surface area contributed by atoms with Crippen LogP contribution in [-0.2, 0) is 4.74 Å². The van der Waals surface area contributed by atoms with Gasteiger partial charge >= 0.3 is 0 Å². The van der Waals surface area contributed by atoms with E-state index >= 15 is 0 Å². The molecule has 2 saturated heterocycles. The van der Waals surface area contributed by atoms with Gasteiger partial charge in [0.25, 0.3) is 5.91 Å². The molecule has 1 amide bonds. The largest absolute Gasteiger partial charge is 0.371 e. The number of anilines is 1. The molecular weight excluding hydrogens is 312 g/mol. The quantitative estimate of drug-likeness (QED) is 0.629. The first-order valence-electron chi connectivity index (χ1n) is 6.24. The second-order valence-electron chi connectivity index (χ2n) is 4.86. The molecule has 0 aliphatic carbocycles. The zero-order valence-corrected chi connectivity index (χ0v) is 11.9. The number of pyridine rings is 1. The Kier molecular flexibility index (Phi) is 3.42. The average Bonchev–Trinajstić information content (AvgIpc) is 2.76. The number of hydrazine groups is 1. The predicted octanol–water partition coefficient (Wildman–Crippen LogP) is 1.13.